The van der Waals surface area contributed by atoms with Crippen molar-refractivity contribution in [1.29, 1.82) is 0 Å². The van der Waals surface area contributed by atoms with E-state index in [1.165, 1.54) is 30.4 Å². The van der Waals surface area contributed by atoms with Crippen LogP contribution in [0.2, 0.25) is 0 Å². The number of hydrogen-bond acceptors (Lipinski definition) is 4. The van der Waals surface area contributed by atoms with E-state index in [0.717, 1.165) is 75.3 Å². The minimum atomic E-state index is -0.0436. The molecule has 1 saturated carbocycles. The number of anilines is 3. The number of aromatic nitrogens is 2. The number of fused-ring (bicyclic) bond motifs is 2. The Kier molecular flexibility index (Phi) is 7.70. The topological polar surface area (TPSA) is 38.2 Å². The SMILES string of the molecule is c1ccc(-c2cc(-c3ccccc3)nc(-c3ccc(C4(c5ccc(N6c7ccccc7Oc7ccccc76)cc5)CCCCC4)cc3)n2)cc1. The normalized spacial score (nSPS) is 14.7. The van der Waals surface area contributed by atoms with E-state index in [1.807, 2.05) is 36.4 Å². The predicted octanol–water partition coefficient (Wildman–Crippen LogP) is 12.3. The third-order valence-corrected chi connectivity index (χ3v) is 10.4. The second kappa shape index (κ2) is 12.8. The number of para-hydroxylation sites is 4. The van der Waals surface area contributed by atoms with Gasteiger partial charge in [0.2, 0.25) is 0 Å². The molecular weight excluding hydrogens is 611 g/mol. The van der Waals surface area contributed by atoms with E-state index >= 15 is 0 Å². The Balaban J connectivity index is 1.08. The molecule has 0 atom stereocenters. The first-order valence-corrected chi connectivity index (χ1v) is 17.6. The van der Waals surface area contributed by atoms with Crippen LogP contribution in [0.4, 0.5) is 17.1 Å². The zero-order valence-corrected chi connectivity index (χ0v) is 27.9. The molecule has 2 heterocycles. The van der Waals surface area contributed by atoms with Gasteiger partial charge in [0.05, 0.1) is 22.8 Å². The first-order valence-electron chi connectivity index (χ1n) is 17.6. The number of nitrogens with zero attached hydrogens (tertiary/aromatic N) is 3. The maximum Gasteiger partial charge on any atom is 0.160 e. The number of hydrogen-bond donors (Lipinski definition) is 0. The Morgan fingerprint density at radius 3 is 1.48 bits per heavy atom. The second-order valence-corrected chi connectivity index (χ2v) is 13.3. The molecule has 9 rings (SSSR count). The molecule has 0 saturated heterocycles. The van der Waals surface area contributed by atoms with Gasteiger partial charge < -0.3 is 9.64 Å². The van der Waals surface area contributed by atoms with Gasteiger partial charge in [-0.15, -0.1) is 0 Å². The smallest absolute Gasteiger partial charge is 0.160 e. The summed E-state index contributed by atoms with van der Waals surface area (Å²) in [5.41, 5.74) is 11.0. The molecule has 242 valence electrons. The summed E-state index contributed by atoms with van der Waals surface area (Å²) in [6, 6.07) is 57.8. The summed E-state index contributed by atoms with van der Waals surface area (Å²) in [4.78, 5) is 12.5. The molecule has 4 nitrogen and oxygen atoms in total. The van der Waals surface area contributed by atoms with Gasteiger partial charge in [-0.2, -0.15) is 0 Å². The largest absolute Gasteiger partial charge is 0.453 e. The van der Waals surface area contributed by atoms with Gasteiger partial charge in [0.15, 0.2) is 17.3 Å². The molecule has 0 unspecified atom stereocenters. The molecule has 0 spiro atoms. The van der Waals surface area contributed by atoms with Crippen LogP contribution in [0, 0.1) is 0 Å². The number of ether oxygens (including phenoxy) is 1. The molecule has 1 aliphatic heterocycles. The van der Waals surface area contributed by atoms with E-state index in [1.54, 1.807) is 0 Å². The summed E-state index contributed by atoms with van der Waals surface area (Å²) < 4.78 is 6.27. The third kappa shape index (κ3) is 5.43. The first-order chi connectivity index (χ1) is 24.7. The maximum atomic E-state index is 6.27. The van der Waals surface area contributed by atoms with Gasteiger partial charge in [-0.25, -0.2) is 9.97 Å². The van der Waals surface area contributed by atoms with Crippen LogP contribution in [0.25, 0.3) is 33.9 Å². The summed E-state index contributed by atoms with van der Waals surface area (Å²) in [6.45, 7) is 0. The van der Waals surface area contributed by atoms with Gasteiger partial charge in [-0.05, 0) is 66.4 Å². The molecule has 50 heavy (non-hydrogen) atoms. The van der Waals surface area contributed by atoms with Crippen LogP contribution in [0.1, 0.15) is 43.2 Å². The van der Waals surface area contributed by atoms with E-state index in [2.05, 4.69) is 132 Å². The lowest BCUT2D eigenvalue weighted by Gasteiger charge is -2.39. The van der Waals surface area contributed by atoms with E-state index in [9.17, 15) is 0 Å². The summed E-state index contributed by atoms with van der Waals surface area (Å²) in [5, 5.41) is 0. The van der Waals surface area contributed by atoms with Crippen LogP contribution in [0.5, 0.6) is 11.5 Å². The van der Waals surface area contributed by atoms with Crippen molar-refractivity contribution in [2.24, 2.45) is 0 Å². The van der Waals surface area contributed by atoms with Gasteiger partial charge in [-0.1, -0.05) is 141 Å². The summed E-state index contributed by atoms with van der Waals surface area (Å²) in [5.74, 6) is 2.48. The summed E-state index contributed by atoms with van der Waals surface area (Å²) in [7, 11) is 0. The average Bonchev–Trinajstić information content (AvgIpc) is 3.21. The van der Waals surface area contributed by atoms with Crippen molar-refractivity contribution in [3.8, 4) is 45.4 Å². The molecule has 0 radical (unpaired) electrons. The fraction of sp³-hybridized carbons (Fsp3) is 0.130. The molecule has 1 aromatic heterocycles. The minimum Gasteiger partial charge on any atom is -0.453 e. The summed E-state index contributed by atoms with van der Waals surface area (Å²) in [6.07, 6.45) is 5.98. The Morgan fingerprint density at radius 1 is 0.460 bits per heavy atom. The molecule has 6 aromatic carbocycles. The van der Waals surface area contributed by atoms with Crippen molar-refractivity contribution >= 4 is 17.1 Å². The van der Waals surface area contributed by atoms with Crippen molar-refractivity contribution in [3.05, 3.63) is 175 Å². The van der Waals surface area contributed by atoms with E-state index in [4.69, 9.17) is 14.7 Å². The van der Waals surface area contributed by atoms with Gasteiger partial charge in [-0.3, -0.25) is 0 Å². The van der Waals surface area contributed by atoms with Crippen molar-refractivity contribution in [3.63, 3.8) is 0 Å². The average molecular weight is 648 g/mol. The fourth-order valence-electron chi connectivity index (χ4n) is 7.84. The van der Waals surface area contributed by atoms with Gasteiger partial charge in [0, 0.05) is 27.8 Å². The highest BCUT2D eigenvalue weighted by Gasteiger charge is 2.36. The molecule has 1 fully saturated rings. The zero-order chi connectivity index (χ0) is 33.3. The molecule has 0 N–H and O–H groups in total. The molecule has 7 aromatic rings. The predicted molar refractivity (Wildman–Crippen MR) is 203 cm³/mol. The van der Waals surface area contributed by atoms with Crippen LogP contribution >= 0.6 is 0 Å². The maximum absolute atomic E-state index is 6.27. The molecular formula is C46H37N3O. The minimum absolute atomic E-state index is 0.0436. The highest BCUT2D eigenvalue weighted by molar-refractivity contribution is 5.86. The molecule has 4 heteroatoms. The summed E-state index contributed by atoms with van der Waals surface area (Å²) >= 11 is 0. The molecule has 0 bridgehead atoms. The Hall–Kier alpha value is -6.00. The Morgan fingerprint density at radius 2 is 0.940 bits per heavy atom. The van der Waals surface area contributed by atoms with Crippen molar-refractivity contribution < 1.29 is 4.74 Å². The van der Waals surface area contributed by atoms with Crippen molar-refractivity contribution in [2.45, 2.75) is 37.5 Å². The zero-order valence-electron chi connectivity index (χ0n) is 27.9. The van der Waals surface area contributed by atoms with Crippen molar-refractivity contribution in [2.75, 3.05) is 4.90 Å². The number of benzene rings is 6. The van der Waals surface area contributed by atoms with Gasteiger partial charge in [0.1, 0.15) is 0 Å². The van der Waals surface area contributed by atoms with Crippen LogP contribution in [-0.2, 0) is 5.41 Å². The van der Waals surface area contributed by atoms with Gasteiger partial charge in [0.25, 0.3) is 0 Å². The number of rotatable bonds is 6. The van der Waals surface area contributed by atoms with Crippen LogP contribution < -0.4 is 9.64 Å². The van der Waals surface area contributed by atoms with E-state index < -0.39 is 0 Å². The molecule has 1 aliphatic carbocycles. The Labute approximate surface area is 293 Å². The lowest BCUT2D eigenvalue weighted by Crippen LogP contribution is -2.30. The van der Waals surface area contributed by atoms with Crippen LogP contribution in [-0.4, -0.2) is 9.97 Å². The van der Waals surface area contributed by atoms with Crippen LogP contribution in [0.3, 0.4) is 0 Å². The fourth-order valence-corrected chi connectivity index (χ4v) is 7.84. The lowest BCUT2D eigenvalue weighted by atomic mass is 9.65. The second-order valence-electron chi connectivity index (χ2n) is 13.3. The third-order valence-electron chi connectivity index (χ3n) is 10.4. The molecule has 2 aliphatic rings. The molecule has 0 amide bonds. The van der Waals surface area contributed by atoms with Crippen molar-refractivity contribution in [1.82, 2.24) is 9.97 Å². The van der Waals surface area contributed by atoms with Gasteiger partial charge >= 0.3 is 0 Å². The highest BCUT2D eigenvalue weighted by Crippen LogP contribution is 2.51. The quantitative estimate of drug-likeness (QED) is 0.180. The van der Waals surface area contributed by atoms with E-state index in [-0.39, 0.29) is 5.41 Å². The standard InChI is InChI=1S/C46H37N3O/c1-4-14-33(15-5-1)39-32-40(34-16-6-2-7-17-34)48-45(47-39)35-22-24-36(25-23-35)46(30-12-3-13-31-46)37-26-28-38(29-27-37)49-41-18-8-10-20-43(41)50-44-21-11-9-19-42(44)49/h1-2,4-11,14-29,32H,3,12-13,30-31H2. The van der Waals surface area contributed by atoms with E-state index in [0.29, 0.717) is 0 Å². The van der Waals surface area contributed by atoms with Crippen LogP contribution in [0.15, 0.2) is 164 Å². The Bertz CT molecular complexity index is 2160. The highest BCUT2D eigenvalue weighted by atomic mass is 16.5. The first kappa shape index (κ1) is 30.1. The lowest BCUT2D eigenvalue weighted by molar-refractivity contribution is 0.346. The monoisotopic (exact) mass is 647 g/mol.